The van der Waals surface area contributed by atoms with Crippen LogP contribution in [0.5, 0.6) is 0 Å². The largest absolute Gasteiger partial charge is 0.388 e. The Bertz CT molecular complexity index is 462. The van der Waals surface area contributed by atoms with Crippen LogP contribution in [0.15, 0.2) is 54.6 Å². The highest BCUT2D eigenvalue weighted by molar-refractivity contribution is 5.27. The summed E-state index contributed by atoms with van der Waals surface area (Å²) in [5.74, 6) is 0. The Balaban J connectivity index is 1.99. The molecule has 0 saturated carbocycles. The van der Waals surface area contributed by atoms with E-state index in [1.807, 2.05) is 49.4 Å². The van der Waals surface area contributed by atoms with E-state index in [1.54, 1.807) is 0 Å². The van der Waals surface area contributed by atoms with Gasteiger partial charge >= 0.3 is 0 Å². The molecular formula is C16H18O. The van der Waals surface area contributed by atoms with Gasteiger partial charge in [-0.2, -0.15) is 0 Å². The number of aliphatic hydroxyl groups excluding tert-OH is 1. The van der Waals surface area contributed by atoms with Crippen LogP contribution < -0.4 is 0 Å². The first-order valence-electron chi connectivity index (χ1n) is 6.05. The van der Waals surface area contributed by atoms with Gasteiger partial charge in [0.1, 0.15) is 0 Å². The second-order valence-corrected chi connectivity index (χ2v) is 4.40. The topological polar surface area (TPSA) is 20.2 Å². The molecule has 1 heteroatoms. The van der Waals surface area contributed by atoms with Crippen LogP contribution in [-0.4, -0.2) is 5.11 Å². The van der Waals surface area contributed by atoms with Crippen LogP contribution in [0, 0.1) is 6.92 Å². The van der Waals surface area contributed by atoms with E-state index in [9.17, 15) is 5.11 Å². The van der Waals surface area contributed by atoms with Crippen LogP contribution in [-0.2, 0) is 6.42 Å². The van der Waals surface area contributed by atoms with E-state index in [1.165, 1.54) is 5.56 Å². The van der Waals surface area contributed by atoms with E-state index in [4.69, 9.17) is 0 Å². The summed E-state index contributed by atoms with van der Waals surface area (Å²) in [4.78, 5) is 0. The molecule has 0 fully saturated rings. The molecule has 0 aliphatic carbocycles. The van der Waals surface area contributed by atoms with Gasteiger partial charge in [-0.25, -0.2) is 0 Å². The van der Waals surface area contributed by atoms with E-state index in [2.05, 4.69) is 12.1 Å². The Hall–Kier alpha value is -1.60. The van der Waals surface area contributed by atoms with Crippen LogP contribution in [0.1, 0.15) is 29.2 Å². The molecule has 0 radical (unpaired) electrons. The minimum atomic E-state index is -0.364. The highest BCUT2D eigenvalue weighted by atomic mass is 16.3. The summed E-state index contributed by atoms with van der Waals surface area (Å²) < 4.78 is 0. The van der Waals surface area contributed by atoms with Gasteiger partial charge in [-0.15, -0.1) is 0 Å². The van der Waals surface area contributed by atoms with E-state index in [0.717, 1.165) is 24.0 Å². The van der Waals surface area contributed by atoms with Crippen molar-refractivity contribution in [1.29, 1.82) is 0 Å². The van der Waals surface area contributed by atoms with Crippen LogP contribution in [0.2, 0.25) is 0 Å². The van der Waals surface area contributed by atoms with Crippen molar-refractivity contribution in [3.8, 4) is 0 Å². The zero-order chi connectivity index (χ0) is 12.1. The van der Waals surface area contributed by atoms with Crippen molar-refractivity contribution in [2.45, 2.75) is 25.9 Å². The number of aliphatic hydroxyl groups is 1. The normalized spacial score (nSPS) is 12.4. The molecule has 1 unspecified atom stereocenters. The fourth-order valence-corrected chi connectivity index (χ4v) is 2.06. The average Bonchev–Trinajstić information content (AvgIpc) is 2.38. The standard InChI is InChI=1S/C16H18O/c1-13-7-5-6-10-15(13)16(17)12-11-14-8-3-2-4-9-14/h2-10,16-17H,11-12H2,1H3. The molecule has 0 bridgehead atoms. The molecule has 17 heavy (non-hydrogen) atoms. The maximum Gasteiger partial charge on any atom is 0.0795 e. The third kappa shape index (κ3) is 3.18. The van der Waals surface area contributed by atoms with Gasteiger partial charge in [-0.05, 0) is 36.5 Å². The molecule has 2 rings (SSSR count). The first-order valence-corrected chi connectivity index (χ1v) is 6.05. The summed E-state index contributed by atoms with van der Waals surface area (Å²) in [6.07, 6.45) is 1.32. The second-order valence-electron chi connectivity index (χ2n) is 4.40. The number of hydrogen-bond donors (Lipinski definition) is 1. The lowest BCUT2D eigenvalue weighted by Crippen LogP contribution is -2.01. The van der Waals surface area contributed by atoms with Crippen molar-refractivity contribution in [3.05, 3.63) is 71.3 Å². The molecule has 88 valence electrons. The Labute approximate surface area is 103 Å². The smallest absolute Gasteiger partial charge is 0.0795 e. The lowest BCUT2D eigenvalue weighted by Gasteiger charge is -2.13. The molecule has 1 N–H and O–H groups in total. The third-order valence-corrected chi connectivity index (χ3v) is 3.10. The Morgan fingerprint density at radius 3 is 2.29 bits per heavy atom. The number of rotatable bonds is 4. The van der Waals surface area contributed by atoms with E-state index < -0.39 is 0 Å². The second kappa shape index (κ2) is 5.65. The van der Waals surface area contributed by atoms with E-state index >= 15 is 0 Å². The van der Waals surface area contributed by atoms with Crippen LogP contribution in [0.3, 0.4) is 0 Å². The van der Waals surface area contributed by atoms with Gasteiger partial charge in [0.05, 0.1) is 6.10 Å². The average molecular weight is 226 g/mol. The predicted molar refractivity (Wildman–Crippen MR) is 70.9 cm³/mol. The number of benzene rings is 2. The Morgan fingerprint density at radius 2 is 1.59 bits per heavy atom. The van der Waals surface area contributed by atoms with Gasteiger partial charge in [0.2, 0.25) is 0 Å². The fraction of sp³-hybridized carbons (Fsp3) is 0.250. The van der Waals surface area contributed by atoms with Gasteiger partial charge in [0, 0.05) is 0 Å². The summed E-state index contributed by atoms with van der Waals surface area (Å²) in [7, 11) is 0. The molecule has 0 aliphatic rings. The molecule has 0 aliphatic heterocycles. The van der Waals surface area contributed by atoms with Gasteiger partial charge in [-0.1, -0.05) is 54.6 Å². The zero-order valence-electron chi connectivity index (χ0n) is 10.1. The molecular weight excluding hydrogens is 208 g/mol. The lowest BCUT2D eigenvalue weighted by molar-refractivity contribution is 0.167. The highest BCUT2D eigenvalue weighted by Gasteiger charge is 2.09. The van der Waals surface area contributed by atoms with Crippen molar-refractivity contribution in [2.24, 2.45) is 0 Å². The van der Waals surface area contributed by atoms with Crippen molar-refractivity contribution in [3.63, 3.8) is 0 Å². The van der Waals surface area contributed by atoms with Gasteiger partial charge in [0.25, 0.3) is 0 Å². The summed E-state index contributed by atoms with van der Waals surface area (Å²) in [6.45, 7) is 2.04. The van der Waals surface area contributed by atoms with Crippen molar-refractivity contribution >= 4 is 0 Å². The summed E-state index contributed by atoms with van der Waals surface area (Å²) >= 11 is 0. The Morgan fingerprint density at radius 1 is 0.941 bits per heavy atom. The van der Waals surface area contributed by atoms with Crippen molar-refractivity contribution in [1.82, 2.24) is 0 Å². The summed E-state index contributed by atoms with van der Waals surface area (Å²) in [6, 6.07) is 18.3. The molecule has 0 aromatic heterocycles. The highest BCUT2D eigenvalue weighted by Crippen LogP contribution is 2.21. The molecule has 0 amide bonds. The molecule has 1 nitrogen and oxygen atoms in total. The summed E-state index contributed by atoms with van der Waals surface area (Å²) in [5.41, 5.74) is 3.48. The first-order chi connectivity index (χ1) is 8.27. The van der Waals surface area contributed by atoms with Crippen LogP contribution in [0.25, 0.3) is 0 Å². The third-order valence-electron chi connectivity index (χ3n) is 3.10. The van der Waals surface area contributed by atoms with Crippen molar-refractivity contribution in [2.75, 3.05) is 0 Å². The number of aryl methyl sites for hydroxylation is 2. The summed E-state index contributed by atoms with van der Waals surface area (Å²) in [5, 5.41) is 10.2. The quantitative estimate of drug-likeness (QED) is 0.843. The minimum absolute atomic E-state index is 0.364. The van der Waals surface area contributed by atoms with E-state index in [0.29, 0.717) is 0 Å². The molecule has 2 aromatic rings. The number of hydrogen-bond acceptors (Lipinski definition) is 1. The SMILES string of the molecule is Cc1ccccc1C(O)CCc1ccccc1. The first kappa shape index (κ1) is 11.9. The predicted octanol–water partition coefficient (Wildman–Crippen LogP) is 3.66. The monoisotopic (exact) mass is 226 g/mol. The maximum absolute atomic E-state index is 10.2. The zero-order valence-corrected chi connectivity index (χ0v) is 10.1. The van der Waals surface area contributed by atoms with Crippen molar-refractivity contribution < 1.29 is 5.11 Å². The maximum atomic E-state index is 10.2. The lowest BCUT2D eigenvalue weighted by atomic mass is 9.98. The molecule has 0 spiro atoms. The minimum Gasteiger partial charge on any atom is -0.388 e. The van der Waals surface area contributed by atoms with Crippen LogP contribution in [0.4, 0.5) is 0 Å². The van der Waals surface area contributed by atoms with Gasteiger partial charge < -0.3 is 5.11 Å². The Kier molecular flexibility index (Phi) is 3.94. The molecule has 1 atom stereocenters. The van der Waals surface area contributed by atoms with Crippen LogP contribution >= 0.6 is 0 Å². The van der Waals surface area contributed by atoms with E-state index in [-0.39, 0.29) is 6.10 Å². The van der Waals surface area contributed by atoms with Gasteiger partial charge in [-0.3, -0.25) is 0 Å². The van der Waals surface area contributed by atoms with Gasteiger partial charge in [0.15, 0.2) is 0 Å². The molecule has 0 saturated heterocycles. The molecule has 2 aromatic carbocycles. The fourth-order valence-electron chi connectivity index (χ4n) is 2.06. The molecule has 0 heterocycles.